The minimum Gasteiger partial charge on any atom is -0.459 e. The smallest absolute Gasteiger partial charge is 0.417 e. The molecule has 2 bridgehead atoms. The number of amides is 3. The lowest BCUT2D eigenvalue weighted by atomic mass is 9.98. The van der Waals surface area contributed by atoms with Gasteiger partial charge < -0.3 is 14.4 Å². The molecule has 3 aromatic rings. The van der Waals surface area contributed by atoms with Crippen molar-refractivity contribution in [2.24, 2.45) is 0 Å². The molecule has 0 aliphatic carbocycles. The molecule has 1 fully saturated rings. The number of ether oxygens (including phenoxy) is 2. The zero-order valence-corrected chi connectivity index (χ0v) is 27.4. The number of nitrogens with one attached hydrogen (secondary N) is 1. The highest BCUT2D eigenvalue weighted by Gasteiger charge is 2.59. The average Bonchev–Trinajstić information content (AvgIpc) is 3.55. The van der Waals surface area contributed by atoms with E-state index in [4.69, 9.17) is 15.4 Å². The number of hydrogen-bond acceptors (Lipinski definition) is 12. The molecule has 6 rings (SSSR count). The molecule has 1 N–H and O–H groups in total. The number of carbonyl (C=O) groups excluding carboxylic acids is 4. The van der Waals surface area contributed by atoms with Crippen LogP contribution in [-0.2, 0) is 40.5 Å². The number of fused-ring (bicyclic) bond motifs is 5. The molecule has 252 valence electrons. The number of β-lactam (4-membered cyclic amide) rings is 1. The van der Waals surface area contributed by atoms with E-state index in [0.717, 1.165) is 4.90 Å². The van der Waals surface area contributed by atoms with E-state index in [2.05, 4.69) is 16.6 Å². The fourth-order valence-electron chi connectivity index (χ4n) is 4.78. The first-order valence-electron chi connectivity index (χ1n) is 13.7. The Kier molecular flexibility index (Phi) is 11.2. The van der Waals surface area contributed by atoms with Gasteiger partial charge in [-0.15, -0.1) is 11.3 Å². The van der Waals surface area contributed by atoms with E-state index in [-0.39, 0.29) is 17.9 Å². The van der Waals surface area contributed by atoms with Crippen molar-refractivity contribution in [1.29, 1.82) is 0 Å². The van der Waals surface area contributed by atoms with Gasteiger partial charge in [0.25, 0.3) is 11.6 Å². The van der Waals surface area contributed by atoms with Gasteiger partial charge in [0.1, 0.15) is 22.7 Å². The van der Waals surface area contributed by atoms with Crippen molar-refractivity contribution < 1.29 is 42.7 Å². The van der Waals surface area contributed by atoms with Gasteiger partial charge in [0, 0.05) is 24.7 Å². The van der Waals surface area contributed by atoms with Gasteiger partial charge in [-0.3, -0.25) is 40.0 Å². The molecule has 19 heteroatoms. The van der Waals surface area contributed by atoms with Crippen LogP contribution in [0.15, 0.2) is 78.2 Å². The van der Waals surface area contributed by atoms with E-state index < -0.39 is 67.4 Å². The molecule has 16 nitrogen and oxygen atoms in total. The maximum absolute atomic E-state index is 13.2. The number of benzene rings is 2. The highest BCUT2D eigenvalue weighted by molar-refractivity contribution is 8.08. The zero-order valence-electron chi connectivity index (χ0n) is 25.0. The van der Waals surface area contributed by atoms with Crippen LogP contribution in [0, 0.1) is 20.2 Å². The van der Waals surface area contributed by atoms with Crippen LogP contribution in [0.5, 0.6) is 0 Å². The minimum atomic E-state index is -2.13. The largest absolute Gasteiger partial charge is 0.459 e. The first kappa shape index (κ1) is 35.7. The SMILES string of the molecule is C=C(C)C(C(=O)OCc1ccc([N+](=O)[O-])cc1)N1C(=O)C(N(C(C)=O)c2cccs2)C1S(=O)Cl.O=C1Nc2ccc(cc2)C([N+](=O)[O-])O1. The topological polar surface area (TPSA) is 209 Å². The monoisotopic (exact) mass is 719 g/mol. The van der Waals surface area contributed by atoms with E-state index >= 15 is 0 Å². The predicted octanol–water partition coefficient (Wildman–Crippen LogP) is 4.66. The van der Waals surface area contributed by atoms with Gasteiger partial charge in [0.15, 0.2) is 11.4 Å². The second kappa shape index (κ2) is 15.1. The molecule has 3 aliphatic rings. The maximum Gasteiger partial charge on any atom is 0.417 e. The molecule has 3 amide bonds. The minimum absolute atomic E-state index is 0.111. The van der Waals surface area contributed by atoms with Crippen LogP contribution in [0.2, 0.25) is 0 Å². The number of hydrogen-bond donors (Lipinski definition) is 1. The highest BCUT2D eigenvalue weighted by atomic mass is 35.7. The summed E-state index contributed by atoms with van der Waals surface area (Å²) in [5.41, 5.74) is 1.54. The number of likely N-dealkylation sites (tertiary alicyclic amines) is 1. The van der Waals surface area contributed by atoms with Gasteiger partial charge in [-0.25, -0.2) is 13.8 Å². The Bertz CT molecular complexity index is 1770. The lowest BCUT2D eigenvalue weighted by Crippen LogP contribution is -2.75. The van der Waals surface area contributed by atoms with Crippen LogP contribution < -0.4 is 10.2 Å². The van der Waals surface area contributed by atoms with E-state index in [0.29, 0.717) is 21.8 Å². The van der Waals surface area contributed by atoms with Crippen LogP contribution in [0.1, 0.15) is 31.2 Å². The van der Waals surface area contributed by atoms with E-state index in [1.54, 1.807) is 41.8 Å². The van der Waals surface area contributed by atoms with Crippen molar-refractivity contribution in [3.05, 3.63) is 110 Å². The van der Waals surface area contributed by atoms with Crippen LogP contribution in [0.3, 0.4) is 0 Å². The summed E-state index contributed by atoms with van der Waals surface area (Å²) < 4.78 is 22.3. The lowest BCUT2D eigenvalue weighted by Gasteiger charge is -2.51. The molecular formula is C29H26ClN5O11S2. The number of esters is 1. The highest BCUT2D eigenvalue weighted by Crippen LogP contribution is 2.37. The molecule has 1 aromatic heterocycles. The summed E-state index contributed by atoms with van der Waals surface area (Å²) in [7, 11) is 3.79. The van der Waals surface area contributed by atoms with E-state index in [9.17, 15) is 43.6 Å². The van der Waals surface area contributed by atoms with E-state index in [1.807, 2.05) is 0 Å². The van der Waals surface area contributed by atoms with Gasteiger partial charge in [-0.2, -0.15) is 0 Å². The number of nitro groups is 2. The molecule has 5 atom stereocenters. The molecular weight excluding hydrogens is 694 g/mol. The normalized spacial score (nSPS) is 19.1. The number of thiophene rings is 1. The number of carbonyl (C=O) groups is 4. The van der Waals surface area contributed by atoms with Gasteiger partial charge in [-0.1, -0.05) is 6.58 Å². The van der Waals surface area contributed by atoms with Crippen molar-refractivity contribution in [1.82, 2.24) is 4.90 Å². The van der Waals surface area contributed by atoms with Gasteiger partial charge >= 0.3 is 18.3 Å². The third-order valence-corrected chi connectivity index (χ3v) is 9.23. The van der Waals surface area contributed by atoms with Crippen molar-refractivity contribution >= 4 is 72.3 Å². The molecule has 0 radical (unpaired) electrons. The lowest BCUT2D eigenvalue weighted by molar-refractivity contribution is -0.574. The Morgan fingerprint density at radius 3 is 2.27 bits per heavy atom. The summed E-state index contributed by atoms with van der Waals surface area (Å²) in [5, 5.41) is 24.7. The van der Waals surface area contributed by atoms with E-state index in [1.165, 1.54) is 54.3 Å². The summed E-state index contributed by atoms with van der Waals surface area (Å²) >= 11 is 1.22. The Balaban J connectivity index is 0.000000307. The number of nitrogens with zero attached hydrogens (tertiary/aromatic N) is 4. The first-order valence-corrected chi connectivity index (χ1v) is 16.6. The summed E-state index contributed by atoms with van der Waals surface area (Å²) in [4.78, 5) is 71.8. The summed E-state index contributed by atoms with van der Waals surface area (Å²) in [5.74, 6) is -1.90. The quantitative estimate of drug-likeness (QED) is 0.0761. The number of non-ortho nitro benzene ring substituents is 1. The average molecular weight is 720 g/mol. The van der Waals surface area contributed by atoms with Crippen molar-refractivity contribution in [2.45, 2.75) is 44.1 Å². The standard InChI is InChI=1S/C21H20ClN3O7S2.C8H6N2O4/c1-12(2)17(21(28)32-11-14-6-8-15(9-7-14)25(29)30)24-19(27)18(20(24)34(22)31)23(13(3)26)16-5-4-10-33-16;11-8-9-6-3-1-5(2-4-6)7(14-8)10(12)13/h4-10,17-18,20H,1,11H2,2-3H3;1-4,7H,(H,9,11). The first-order chi connectivity index (χ1) is 22.7. The summed E-state index contributed by atoms with van der Waals surface area (Å²) in [6.07, 6.45) is -2.24. The van der Waals surface area contributed by atoms with Crippen LogP contribution >= 0.6 is 22.0 Å². The molecule has 4 heterocycles. The molecule has 48 heavy (non-hydrogen) atoms. The summed E-state index contributed by atoms with van der Waals surface area (Å²) in [6.45, 7) is 6.33. The number of halogens is 1. The van der Waals surface area contributed by atoms with Crippen molar-refractivity contribution in [3.63, 3.8) is 0 Å². The van der Waals surface area contributed by atoms with Crippen LogP contribution in [0.25, 0.3) is 0 Å². The maximum atomic E-state index is 13.2. The fourth-order valence-corrected chi connectivity index (χ4v) is 6.98. The fraction of sp³-hybridized carbons (Fsp3) is 0.241. The van der Waals surface area contributed by atoms with Crippen molar-refractivity contribution in [3.8, 4) is 0 Å². The predicted molar refractivity (Wildman–Crippen MR) is 174 cm³/mol. The summed E-state index contributed by atoms with van der Waals surface area (Å²) in [6, 6.07) is 12.6. The van der Waals surface area contributed by atoms with Crippen LogP contribution in [0.4, 0.5) is 21.2 Å². The molecule has 2 aromatic carbocycles. The number of anilines is 2. The second-order valence-electron chi connectivity index (χ2n) is 10.2. The third kappa shape index (κ3) is 7.84. The second-order valence-corrected chi connectivity index (χ2v) is 13.1. The third-order valence-electron chi connectivity index (χ3n) is 6.95. The van der Waals surface area contributed by atoms with Gasteiger partial charge in [0.2, 0.25) is 5.91 Å². The Hall–Kier alpha value is -5.20. The number of nitro benzene ring substituents is 1. The van der Waals surface area contributed by atoms with Crippen LogP contribution in [-0.4, -0.2) is 60.3 Å². The zero-order chi connectivity index (χ0) is 35.3. The van der Waals surface area contributed by atoms with Gasteiger partial charge in [-0.05, 0) is 82.7 Å². The number of rotatable bonds is 10. The molecule has 0 spiro atoms. The molecule has 3 aliphatic heterocycles. The molecule has 0 saturated carbocycles. The Morgan fingerprint density at radius 2 is 1.77 bits per heavy atom. The Labute approximate surface area is 283 Å². The Morgan fingerprint density at radius 1 is 1.12 bits per heavy atom. The molecule has 5 unspecified atom stereocenters. The molecule has 1 saturated heterocycles. The van der Waals surface area contributed by atoms with Crippen molar-refractivity contribution in [2.75, 3.05) is 10.2 Å². The van der Waals surface area contributed by atoms with Gasteiger partial charge in [0.05, 0.1) is 20.4 Å².